The second-order valence-corrected chi connectivity index (χ2v) is 32.3. The van der Waals surface area contributed by atoms with E-state index in [9.17, 15) is 0 Å². The number of hydrogen-bond donors (Lipinski definition) is 0. The third kappa shape index (κ3) is 3.55. The quantitative estimate of drug-likeness (QED) is 0.312. The molecule has 0 unspecified atom stereocenters. The van der Waals surface area contributed by atoms with Gasteiger partial charge in [0, 0.05) is 0 Å². The average molecular weight is 608 g/mol. The number of aryl methyl sites for hydroxylation is 3. The van der Waals surface area contributed by atoms with E-state index in [0.717, 1.165) is 0 Å². The summed E-state index contributed by atoms with van der Waals surface area (Å²) in [6.07, 6.45) is 0. The predicted molar refractivity (Wildman–Crippen MR) is 112 cm³/mol. The summed E-state index contributed by atoms with van der Waals surface area (Å²) < 4.78 is 4.62. The van der Waals surface area contributed by atoms with Crippen molar-refractivity contribution in [1.82, 2.24) is 0 Å². The minimum absolute atomic E-state index is 1.33. The summed E-state index contributed by atoms with van der Waals surface area (Å²) in [5.41, 5.74) is 3.98. The van der Waals surface area contributed by atoms with E-state index in [-0.39, 0.29) is 0 Å². The number of benzene rings is 3. The normalized spacial score (nSPS) is 11.5. The predicted octanol–water partition coefficient (Wildman–Crippen LogP) is 4.01. The Morgan fingerprint density at radius 3 is 0.913 bits per heavy atom. The van der Waals surface area contributed by atoms with Crippen LogP contribution in [0.5, 0.6) is 0 Å². The van der Waals surface area contributed by atoms with Crippen LogP contribution < -0.4 is 9.37 Å². The van der Waals surface area contributed by atoms with E-state index in [1.807, 2.05) is 0 Å². The fourth-order valence-corrected chi connectivity index (χ4v) is 23.5. The fraction of sp³-hybridized carbons (Fsp3) is 0.143. The molecule has 0 radical (unpaired) electrons. The fourth-order valence-electron chi connectivity index (χ4n) is 2.85. The van der Waals surface area contributed by atoms with Gasteiger partial charge in [0.1, 0.15) is 0 Å². The van der Waals surface area contributed by atoms with Gasteiger partial charge >= 0.3 is 154 Å². The zero-order chi connectivity index (χ0) is 16.4. The Kier molecular flexibility index (Phi) is 5.26. The number of halogens is 1. The first-order valence-corrected chi connectivity index (χ1v) is 24.7. The molecule has 0 aliphatic rings. The van der Waals surface area contributed by atoms with Gasteiger partial charge < -0.3 is 0 Å². The van der Waals surface area contributed by atoms with Gasteiger partial charge in [-0.1, -0.05) is 0 Å². The van der Waals surface area contributed by atoms with Crippen LogP contribution in [0.3, 0.4) is 0 Å². The summed E-state index contributed by atoms with van der Waals surface area (Å²) in [5, 5.41) is 0. The van der Waals surface area contributed by atoms with Crippen LogP contribution in [0.25, 0.3) is 0 Å². The molecule has 0 aromatic heterocycles. The second kappa shape index (κ2) is 7.05. The minimum atomic E-state index is -3.06. The van der Waals surface area contributed by atoms with Gasteiger partial charge in [0.15, 0.2) is 0 Å². The second-order valence-electron chi connectivity index (χ2n) is 6.26. The SMILES string of the molecule is Cc1cc[c]([Pb]([I])([c]2ccc(C)cc2)[c]2ccc(C)cc2)cc1. The van der Waals surface area contributed by atoms with Crippen molar-refractivity contribution in [3.63, 3.8) is 0 Å². The molecule has 0 atom stereocenters. The molecule has 3 aromatic rings. The summed E-state index contributed by atoms with van der Waals surface area (Å²) in [6, 6.07) is 27.6. The van der Waals surface area contributed by atoms with Crippen LogP contribution in [0.4, 0.5) is 0 Å². The molecule has 0 saturated carbocycles. The molecule has 23 heavy (non-hydrogen) atoms. The first-order valence-electron chi connectivity index (χ1n) is 7.90. The molecule has 0 heterocycles. The molecule has 3 aromatic carbocycles. The molecule has 0 nitrogen and oxygen atoms in total. The van der Waals surface area contributed by atoms with E-state index < -0.39 is 16.9 Å². The average Bonchev–Trinajstić information content (AvgIpc) is 2.56. The first kappa shape index (κ1) is 17.1. The molecule has 2 heteroatoms. The van der Waals surface area contributed by atoms with E-state index in [2.05, 4.69) is 111 Å². The van der Waals surface area contributed by atoms with Crippen LogP contribution in [-0.2, 0) is 0 Å². The number of rotatable bonds is 3. The van der Waals surface area contributed by atoms with Crippen LogP contribution in [0.1, 0.15) is 16.7 Å². The van der Waals surface area contributed by atoms with Crippen LogP contribution in [0.2, 0.25) is 0 Å². The third-order valence-electron chi connectivity index (χ3n) is 4.35. The molecule has 0 spiro atoms. The van der Waals surface area contributed by atoms with Crippen molar-refractivity contribution in [2.45, 2.75) is 20.8 Å². The molecule has 0 fully saturated rings. The van der Waals surface area contributed by atoms with Gasteiger partial charge in [-0.3, -0.25) is 0 Å². The first-order chi connectivity index (χ1) is 11.0. The van der Waals surface area contributed by atoms with E-state index in [1.54, 1.807) is 0 Å². The van der Waals surface area contributed by atoms with Crippen molar-refractivity contribution in [2.75, 3.05) is 0 Å². The molecule has 0 saturated heterocycles. The molecule has 3 rings (SSSR count). The third-order valence-corrected chi connectivity index (χ3v) is 33.9. The van der Waals surface area contributed by atoms with Crippen molar-refractivity contribution >= 4 is 44.0 Å². The van der Waals surface area contributed by atoms with Crippen molar-refractivity contribution in [2.24, 2.45) is 0 Å². The Morgan fingerprint density at radius 1 is 0.478 bits per heavy atom. The summed E-state index contributed by atoms with van der Waals surface area (Å²) in [5.74, 6) is 0. The molecule has 0 bridgehead atoms. The van der Waals surface area contributed by atoms with E-state index in [4.69, 9.17) is 0 Å². The molecule has 0 aliphatic heterocycles. The Labute approximate surface area is 153 Å². The van der Waals surface area contributed by atoms with Gasteiger partial charge in [0.25, 0.3) is 0 Å². The topological polar surface area (TPSA) is 0 Å². The van der Waals surface area contributed by atoms with Gasteiger partial charge in [-0.15, -0.1) is 0 Å². The van der Waals surface area contributed by atoms with Gasteiger partial charge in [-0.25, -0.2) is 0 Å². The molecule has 0 amide bonds. The Bertz CT molecular complexity index is 676. The Morgan fingerprint density at radius 2 is 0.696 bits per heavy atom. The van der Waals surface area contributed by atoms with Gasteiger partial charge in [0.05, 0.1) is 0 Å². The van der Waals surface area contributed by atoms with Crippen molar-refractivity contribution in [1.29, 1.82) is 0 Å². The van der Waals surface area contributed by atoms with Gasteiger partial charge in [-0.05, 0) is 0 Å². The van der Waals surface area contributed by atoms with Crippen molar-refractivity contribution in [3.8, 4) is 0 Å². The van der Waals surface area contributed by atoms with Gasteiger partial charge in [0.2, 0.25) is 0 Å². The van der Waals surface area contributed by atoms with Gasteiger partial charge in [-0.2, -0.15) is 0 Å². The summed E-state index contributed by atoms with van der Waals surface area (Å²) in [7, 11) is 0. The van der Waals surface area contributed by atoms with Crippen LogP contribution >= 0.6 is 17.8 Å². The maximum atomic E-state index is 2.83. The molecule has 0 N–H and O–H groups in total. The zero-order valence-corrected chi connectivity index (χ0v) is 19.9. The molecule has 116 valence electrons. The van der Waals surface area contributed by atoms with Crippen molar-refractivity contribution in [3.05, 3.63) is 89.5 Å². The zero-order valence-electron chi connectivity index (χ0n) is 13.8. The number of hydrogen-bond acceptors (Lipinski definition) is 0. The molecular formula is C21H21IPb. The maximum absolute atomic E-state index is 3.06. The monoisotopic (exact) mass is 608 g/mol. The van der Waals surface area contributed by atoms with E-state index in [0.29, 0.717) is 0 Å². The van der Waals surface area contributed by atoms with E-state index >= 15 is 0 Å². The molecule has 0 aliphatic carbocycles. The summed E-state index contributed by atoms with van der Waals surface area (Å²) in [4.78, 5) is 0. The van der Waals surface area contributed by atoms with Crippen molar-refractivity contribution < 1.29 is 0 Å². The Hall–Kier alpha value is -0.688. The summed E-state index contributed by atoms with van der Waals surface area (Å²) in [6.45, 7) is 6.48. The van der Waals surface area contributed by atoms with E-state index in [1.165, 1.54) is 26.1 Å². The molecular weight excluding hydrogens is 586 g/mol. The van der Waals surface area contributed by atoms with Crippen LogP contribution in [0, 0.1) is 20.8 Å². The van der Waals surface area contributed by atoms with Crippen LogP contribution in [0.15, 0.2) is 72.8 Å². The summed E-state index contributed by atoms with van der Waals surface area (Å²) >= 11 is -0.228. The van der Waals surface area contributed by atoms with Crippen LogP contribution in [-0.4, -0.2) is 16.9 Å². The standard InChI is InChI=1S/3C7H7.HI.Pb/c3*1-7-5-3-2-4-6-7;;/h3*3-6H,1H3;1H;/q;;;;+1/p-1. The Balaban J connectivity index is 2.21.